The Kier molecular flexibility index (Phi) is 6.21. The Labute approximate surface area is 229 Å². The number of aryl methyl sites for hydroxylation is 1. The number of hydrogen-bond acceptors (Lipinski definition) is 6. The molecule has 2 aliphatic carbocycles. The first-order chi connectivity index (χ1) is 18.6. The van der Waals surface area contributed by atoms with Crippen molar-refractivity contribution in [2.45, 2.75) is 52.5 Å². The van der Waals surface area contributed by atoms with E-state index in [1.54, 1.807) is 6.08 Å². The fourth-order valence-electron chi connectivity index (χ4n) is 7.16. The molecule has 2 aromatic carbocycles. The van der Waals surface area contributed by atoms with Crippen molar-refractivity contribution in [3.8, 4) is 17.2 Å². The highest BCUT2D eigenvalue weighted by Gasteiger charge is 2.72. The molecule has 3 atom stereocenters. The molecule has 2 bridgehead atoms. The SMILES string of the molecule is Cc1oc(-c2ccccc2)nc1CCOc1cccc(C=CC(=O)N2[C@@H]3CC4CC[C@]3(CS2(=O)=O)C4(C)C)c1. The molecule has 2 saturated carbocycles. The molecular formula is C31H34N2O5S. The van der Waals surface area contributed by atoms with E-state index in [4.69, 9.17) is 9.15 Å². The summed E-state index contributed by atoms with van der Waals surface area (Å²) in [5.41, 5.74) is 2.16. The van der Waals surface area contributed by atoms with E-state index < -0.39 is 15.9 Å². The molecule has 1 saturated heterocycles. The van der Waals surface area contributed by atoms with Gasteiger partial charge >= 0.3 is 0 Å². The average Bonchev–Trinajstić information content (AvgIpc) is 3.54. The van der Waals surface area contributed by atoms with Crippen LogP contribution in [0.4, 0.5) is 0 Å². The van der Waals surface area contributed by atoms with Crippen LogP contribution in [0, 0.1) is 23.7 Å². The average molecular weight is 547 g/mol. The number of oxazole rings is 1. The van der Waals surface area contributed by atoms with Crippen LogP contribution in [-0.4, -0.2) is 42.0 Å². The molecule has 0 radical (unpaired) electrons. The third-order valence-corrected chi connectivity index (χ3v) is 11.3. The standard InChI is InChI=1S/C31H34N2O5S/c1-21-26(32-29(38-21)23-9-5-4-6-10-23)15-17-37-25-11-7-8-22(18-25)12-13-28(34)33-27-19-24-14-16-31(27,30(24,2)3)20-39(33,35)36/h4-13,18,24,27H,14-17,19-20H2,1-3H3/t24?,27-,31-/m1/s1. The van der Waals surface area contributed by atoms with Crippen molar-refractivity contribution in [2.24, 2.45) is 16.7 Å². The van der Waals surface area contributed by atoms with Crippen molar-refractivity contribution in [1.82, 2.24) is 9.29 Å². The van der Waals surface area contributed by atoms with Crippen molar-refractivity contribution >= 4 is 22.0 Å². The maximum atomic E-state index is 13.2. The molecule has 3 aliphatic rings. The summed E-state index contributed by atoms with van der Waals surface area (Å²) in [5.74, 6) is 2.12. The predicted molar refractivity (Wildman–Crippen MR) is 149 cm³/mol. The molecule has 0 N–H and O–H groups in total. The smallest absolute Gasteiger partial charge is 0.260 e. The number of rotatable bonds is 7. The van der Waals surface area contributed by atoms with Crippen LogP contribution in [0.25, 0.3) is 17.5 Å². The molecular weight excluding hydrogens is 512 g/mol. The summed E-state index contributed by atoms with van der Waals surface area (Å²) in [7, 11) is -3.64. The van der Waals surface area contributed by atoms with Crippen molar-refractivity contribution in [3.05, 3.63) is 77.7 Å². The summed E-state index contributed by atoms with van der Waals surface area (Å²) >= 11 is 0. The van der Waals surface area contributed by atoms with Crippen LogP contribution in [-0.2, 0) is 21.2 Å². The molecule has 1 spiro atoms. The topological polar surface area (TPSA) is 89.7 Å². The molecule has 39 heavy (non-hydrogen) atoms. The van der Waals surface area contributed by atoms with Crippen molar-refractivity contribution in [3.63, 3.8) is 0 Å². The van der Waals surface area contributed by atoms with Crippen LogP contribution >= 0.6 is 0 Å². The van der Waals surface area contributed by atoms with E-state index in [0.29, 0.717) is 30.6 Å². The molecule has 8 heteroatoms. The lowest BCUT2D eigenvalue weighted by Gasteiger charge is -2.36. The van der Waals surface area contributed by atoms with Crippen molar-refractivity contribution < 1.29 is 22.4 Å². The first-order valence-electron chi connectivity index (χ1n) is 13.6. The number of ether oxygens (including phenoxy) is 1. The Morgan fingerprint density at radius 3 is 2.74 bits per heavy atom. The summed E-state index contributed by atoms with van der Waals surface area (Å²) in [6.45, 7) is 6.68. The van der Waals surface area contributed by atoms with Gasteiger partial charge in [0.15, 0.2) is 0 Å². The second kappa shape index (κ2) is 9.37. The van der Waals surface area contributed by atoms with Crippen LogP contribution in [0.15, 0.2) is 65.1 Å². The molecule has 1 aromatic heterocycles. The molecule has 3 fully saturated rings. The van der Waals surface area contributed by atoms with E-state index in [1.807, 2.05) is 61.5 Å². The quantitative estimate of drug-likeness (QED) is 0.356. The highest BCUT2D eigenvalue weighted by atomic mass is 32.2. The number of carbonyl (C=O) groups is 1. The Morgan fingerprint density at radius 2 is 1.97 bits per heavy atom. The zero-order chi connectivity index (χ0) is 27.4. The number of amides is 1. The lowest BCUT2D eigenvalue weighted by Crippen LogP contribution is -2.43. The fourth-order valence-corrected chi connectivity index (χ4v) is 9.67. The van der Waals surface area contributed by atoms with Gasteiger partial charge in [-0.05, 0) is 73.4 Å². The Balaban J connectivity index is 1.10. The lowest BCUT2D eigenvalue weighted by atomic mass is 9.69. The molecule has 7 nitrogen and oxygen atoms in total. The second-order valence-electron chi connectivity index (χ2n) is 11.6. The van der Waals surface area contributed by atoms with Crippen LogP contribution in [0.2, 0.25) is 0 Å². The van der Waals surface area contributed by atoms with Gasteiger partial charge in [0.25, 0.3) is 5.91 Å². The van der Waals surface area contributed by atoms with Gasteiger partial charge in [-0.2, -0.15) is 0 Å². The number of sulfonamides is 1. The van der Waals surface area contributed by atoms with Gasteiger partial charge in [-0.1, -0.05) is 44.2 Å². The summed E-state index contributed by atoms with van der Waals surface area (Å²) < 4.78 is 39.3. The summed E-state index contributed by atoms with van der Waals surface area (Å²) in [4.78, 5) is 17.8. The van der Waals surface area contributed by atoms with Gasteiger partial charge < -0.3 is 9.15 Å². The van der Waals surface area contributed by atoms with E-state index in [1.165, 1.54) is 10.4 Å². The minimum Gasteiger partial charge on any atom is -0.493 e. The van der Waals surface area contributed by atoms with E-state index in [0.717, 1.165) is 41.8 Å². The largest absolute Gasteiger partial charge is 0.493 e. The van der Waals surface area contributed by atoms with Gasteiger partial charge in [-0.15, -0.1) is 0 Å². The predicted octanol–water partition coefficient (Wildman–Crippen LogP) is 5.65. The first-order valence-corrected chi connectivity index (χ1v) is 15.2. The first kappa shape index (κ1) is 25.9. The van der Waals surface area contributed by atoms with Crippen LogP contribution in [0.1, 0.15) is 50.1 Å². The van der Waals surface area contributed by atoms with Crippen molar-refractivity contribution in [1.29, 1.82) is 0 Å². The van der Waals surface area contributed by atoms with Crippen molar-refractivity contribution in [2.75, 3.05) is 12.4 Å². The van der Waals surface area contributed by atoms with Gasteiger partial charge in [0.2, 0.25) is 15.9 Å². The Bertz CT molecular complexity index is 1540. The molecule has 1 aliphatic heterocycles. The van der Waals surface area contributed by atoms with Gasteiger partial charge in [-0.3, -0.25) is 4.79 Å². The van der Waals surface area contributed by atoms with Gasteiger partial charge in [-0.25, -0.2) is 17.7 Å². The van der Waals surface area contributed by atoms with E-state index >= 15 is 0 Å². The molecule has 6 rings (SSSR count). The van der Waals surface area contributed by atoms with Gasteiger partial charge in [0.1, 0.15) is 11.5 Å². The lowest BCUT2D eigenvalue weighted by molar-refractivity contribution is -0.123. The third kappa shape index (κ3) is 4.29. The van der Waals surface area contributed by atoms with Crippen LogP contribution in [0.3, 0.4) is 0 Å². The monoisotopic (exact) mass is 546 g/mol. The highest BCUT2D eigenvalue weighted by molar-refractivity contribution is 7.90. The van der Waals surface area contributed by atoms with Gasteiger partial charge in [0, 0.05) is 23.5 Å². The molecule has 2 heterocycles. The molecule has 1 amide bonds. The maximum Gasteiger partial charge on any atom is 0.260 e. The Hall–Kier alpha value is -3.39. The molecule has 3 aromatic rings. The molecule has 1 unspecified atom stereocenters. The number of carbonyl (C=O) groups excluding carboxylic acids is 1. The zero-order valence-corrected chi connectivity index (χ0v) is 23.4. The van der Waals surface area contributed by atoms with E-state index in [2.05, 4.69) is 18.8 Å². The zero-order valence-electron chi connectivity index (χ0n) is 22.6. The Morgan fingerprint density at radius 1 is 1.18 bits per heavy atom. The van der Waals surface area contributed by atoms with Gasteiger partial charge in [0.05, 0.1) is 24.1 Å². The summed E-state index contributed by atoms with van der Waals surface area (Å²) in [6, 6.07) is 17.0. The number of benzene rings is 2. The number of aromatic nitrogens is 1. The van der Waals surface area contributed by atoms with E-state index in [-0.39, 0.29) is 22.6 Å². The highest BCUT2D eigenvalue weighted by Crippen LogP contribution is 2.70. The minimum absolute atomic E-state index is 0.0667. The summed E-state index contributed by atoms with van der Waals surface area (Å²) in [5, 5.41) is 0. The third-order valence-electron chi connectivity index (χ3n) is 9.43. The van der Waals surface area contributed by atoms with E-state index in [9.17, 15) is 13.2 Å². The molecule has 204 valence electrons. The number of nitrogens with zero attached hydrogens (tertiary/aromatic N) is 2. The fraction of sp³-hybridized carbons (Fsp3) is 0.419. The maximum absolute atomic E-state index is 13.2. The number of hydrogen-bond donors (Lipinski definition) is 0. The summed E-state index contributed by atoms with van der Waals surface area (Å²) in [6.07, 6.45) is 6.35. The number of fused-ring (bicyclic) bond motifs is 1. The minimum atomic E-state index is -3.64. The normalized spacial score (nSPS) is 26.3. The van der Waals surface area contributed by atoms with Crippen LogP contribution < -0.4 is 4.74 Å². The van der Waals surface area contributed by atoms with Crippen LogP contribution in [0.5, 0.6) is 5.75 Å². The second-order valence-corrected chi connectivity index (χ2v) is 13.5.